The molecule has 1 aliphatic rings. The molecule has 0 radical (unpaired) electrons. The van der Waals surface area contributed by atoms with E-state index in [1.54, 1.807) is 0 Å². The van der Waals surface area contributed by atoms with Gasteiger partial charge >= 0.3 is 5.97 Å². The number of carbonyl (C=O) groups is 2. The molecule has 1 aliphatic heterocycles. The standard InChI is InChI=1S/C29H24N2O3/c32-28(20-34-29(33)17-21-9-3-1-4-10-21)31-27(23-12-5-2-6-13-23)19-26(30-31)25-16-15-22-11-7-8-14-24(22)18-25/h1-16,18,27H,17,19-20H2. The van der Waals surface area contributed by atoms with E-state index in [0.717, 1.165) is 33.2 Å². The Morgan fingerprint density at radius 3 is 2.26 bits per heavy atom. The van der Waals surface area contributed by atoms with Crippen molar-refractivity contribution in [2.45, 2.75) is 18.9 Å². The first kappa shape index (κ1) is 21.6. The minimum absolute atomic E-state index is 0.127. The van der Waals surface area contributed by atoms with Crippen LogP contribution in [0, 0.1) is 0 Å². The minimum atomic E-state index is -0.436. The largest absolute Gasteiger partial charge is 0.455 e. The lowest BCUT2D eigenvalue weighted by Crippen LogP contribution is -2.31. The van der Waals surface area contributed by atoms with Crippen LogP contribution in [0.3, 0.4) is 0 Å². The number of rotatable bonds is 6. The summed E-state index contributed by atoms with van der Waals surface area (Å²) in [4.78, 5) is 25.4. The lowest BCUT2D eigenvalue weighted by atomic mass is 9.97. The summed E-state index contributed by atoms with van der Waals surface area (Å²) in [6.45, 7) is -0.344. The van der Waals surface area contributed by atoms with Crippen molar-refractivity contribution in [2.24, 2.45) is 5.10 Å². The molecule has 1 heterocycles. The third-order valence-electron chi connectivity index (χ3n) is 5.98. The van der Waals surface area contributed by atoms with E-state index in [1.165, 1.54) is 5.01 Å². The number of hydrazone groups is 1. The predicted molar refractivity (Wildman–Crippen MR) is 132 cm³/mol. The number of ether oxygens (including phenoxy) is 1. The van der Waals surface area contributed by atoms with E-state index in [1.807, 2.05) is 78.9 Å². The summed E-state index contributed by atoms with van der Waals surface area (Å²) < 4.78 is 5.30. The van der Waals surface area contributed by atoms with Crippen LogP contribution >= 0.6 is 0 Å². The first-order valence-corrected chi connectivity index (χ1v) is 11.3. The molecule has 1 unspecified atom stereocenters. The Morgan fingerprint density at radius 2 is 1.50 bits per heavy atom. The summed E-state index contributed by atoms with van der Waals surface area (Å²) in [5.41, 5.74) is 3.66. The van der Waals surface area contributed by atoms with Gasteiger partial charge in [0.2, 0.25) is 0 Å². The van der Waals surface area contributed by atoms with Crippen molar-refractivity contribution >= 4 is 28.4 Å². The number of fused-ring (bicyclic) bond motifs is 1. The molecule has 5 rings (SSSR count). The summed E-state index contributed by atoms with van der Waals surface area (Å²) in [6.07, 6.45) is 0.716. The number of esters is 1. The summed E-state index contributed by atoms with van der Waals surface area (Å²) in [5, 5.41) is 8.44. The molecule has 5 nitrogen and oxygen atoms in total. The number of amides is 1. The summed E-state index contributed by atoms with van der Waals surface area (Å²) in [7, 11) is 0. The Labute approximate surface area is 198 Å². The topological polar surface area (TPSA) is 59.0 Å². The quantitative estimate of drug-likeness (QED) is 0.376. The van der Waals surface area contributed by atoms with Crippen molar-refractivity contribution in [1.29, 1.82) is 0 Å². The van der Waals surface area contributed by atoms with Crippen LogP contribution in [0.2, 0.25) is 0 Å². The molecule has 0 saturated carbocycles. The van der Waals surface area contributed by atoms with Gasteiger partial charge in [-0.1, -0.05) is 97.1 Å². The van der Waals surface area contributed by atoms with Crippen LogP contribution < -0.4 is 0 Å². The Balaban J connectivity index is 1.35. The van der Waals surface area contributed by atoms with Gasteiger partial charge in [-0.15, -0.1) is 0 Å². The SMILES string of the molecule is O=C(Cc1ccccc1)OCC(=O)N1N=C(c2ccc3ccccc3c2)CC1c1ccccc1. The van der Waals surface area contributed by atoms with Crippen LogP contribution in [0.1, 0.15) is 29.2 Å². The van der Waals surface area contributed by atoms with Gasteiger partial charge in [-0.3, -0.25) is 9.59 Å². The first-order valence-electron chi connectivity index (χ1n) is 11.3. The van der Waals surface area contributed by atoms with Gasteiger partial charge in [0.25, 0.3) is 5.91 Å². The van der Waals surface area contributed by atoms with E-state index < -0.39 is 5.97 Å². The molecule has 0 aliphatic carbocycles. The highest BCUT2D eigenvalue weighted by molar-refractivity contribution is 6.05. The molecule has 0 spiro atoms. The molecule has 1 amide bonds. The number of hydrogen-bond acceptors (Lipinski definition) is 4. The zero-order valence-electron chi connectivity index (χ0n) is 18.6. The maximum atomic E-state index is 13.1. The normalized spacial score (nSPS) is 15.2. The minimum Gasteiger partial charge on any atom is -0.455 e. The van der Waals surface area contributed by atoms with Crippen LogP contribution in [0.15, 0.2) is 108 Å². The van der Waals surface area contributed by atoms with Gasteiger partial charge in [0, 0.05) is 6.42 Å². The number of benzene rings is 4. The number of nitrogens with zero attached hydrogens (tertiary/aromatic N) is 2. The molecule has 0 N–H and O–H groups in total. The fourth-order valence-electron chi connectivity index (χ4n) is 4.24. The predicted octanol–water partition coefficient (Wildman–Crippen LogP) is 5.30. The molecule has 4 aromatic rings. The van der Waals surface area contributed by atoms with Crippen molar-refractivity contribution in [1.82, 2.24) is 5.01 Å². The summed E-state index contributed by atoms with van der Waals surface area (Å²) in [6, 6.07) is 33.3. The molecule has 0 fully saturated rings. The first-order chi connectivity index (χ1) is 16.7. The van der Waals surface area contributed by atoms with Crippen molar-refractivity contribution in [3.63, 3.8) is 0 Å². The van der Waals surface area contributed by atoms with Crippen molar-refractivity contribution < 1.29 is 14.3 Å². The van der Waals surface area contributed by atoms with Crippen LogP contribution in [-0.2, 0) is 20.7 Å². The zero-order chi connectivity index (χ0) is 23.3. The van der Waals surface area contributed by atoms with Gasteiger partial charge in [-0.25, -0.2) is 5.01 Å². The highest BCUT2D eigenvalue weighted by atomic mass is 16.5. The highest BCUT2D eigenvalue weighted by Crippen LogP contribution is 2.33. The average molecular weight is 449 g/mol. The second-order valence-corrected chi connectivity index (χ2v) is 8.30. The van der Waals surface area contributed by atoms with Crippen LogP contribution in [0.4, 0.5) is 0 Å². The molecular formula is C29H24N2O3. The number of hydrogen-bond donors (Lipinski definition) is 0. The highest BCUT2D eigenvalue weighted by Gasteiger charge is 2.33. The molecule has 4 aromatic carbocycles. The van der Waals surface area contributed by atoms with E-state index in [9.17, 15) is 9.59 Å². The third-order valence-corrected chi connectivity index (χ3v) is 5.98. The van der Waals surface area contributed by atoms with Gasteiger partial charge in [0.15, 0.2) is 6.61 Å². The van der Waals surface area contributed by atoms with Gasteiger partial charge in [0.05, 0.1) is 18.2 Å². The molecule has 5 heteroatoms. The molecule has 34 heavy (non-hydrogen) atoms. The van der Waals surface area contributed by atoms with Crippen LogP contribution in [0.5, 0.6) is 0 Å². The smallest absolute Gasteiger partial charge is 0.310 e. The zero-order valence-corrected chi connectivity index (χ0v) is 18.6. The Bertz CT molecular complexity index is 1350. The van der Waals surface area contributed by atoms with E-state index in [4.69, 9.17) is 9.84 Å². The third kappa shape index (κ3) is 4.74. The Morgan fingerprint density at radius 1 is 0.824 bits per heavy atom. The van der Waals surface area contributed by atoms with Crippen LogP contribution in [-0.4, -0.2) is 29.2 Å². The second kappa shape index (κ2) is 9.71. The fourth-order valence-corrected chi connectivity index (χ4v) is 4.24. The van der Waals surface area contributed by atoms with Crippen molar-refractivity contribution in [2.75, 3.05) is 6.61 Å². The number of carbonyl (C=O) groups excluding carboxylic acids is 2. The van der Waals surface area contributed by atoms with Crippen LogP contribution in [0.25, 0.3) is 10.8 Å². The maximum absolute atomic E-state index is 13.1. The van der Waals surface area contributed by atoms with Gasteiger partial charge in [-0.05, 0) is 33.5 Å². The molecule has 168 valence electrons. The summed E-state index contributed by atoms with van der Waals surface area (Å²) in [5.74, 6) is -0.778. The van der Waals surface area contributed by atoms with E-state index in [2.05, 4.69) is 24.3 Å². The van der Waals surface area contributed by atoms with E-state index in [-0.39, 0.29) is 25.0 Å². The average Bonchev–Trinajstić information content (AvgIpc) is 3.34. The molecule has 1 atom stereocenters. The van der Waals surface area contributed by atoms with Gasteiger partial charge in [0.1, 0.15) is 0 Å². The lowest BCUT2D eigenvalue weighted by Gasteiger charge is -2.21. The molecule has 0 bridgehead atoms. The van der Waals surface area contributed by atoms with E-state index >= 15 is 0 Å². The maximum Gasteiger partial charge on any atom is 0.310 e. The van der Waals surface area contributed by atoms with E-state index in [0.29, 0.717) is 6.42 Å². The Hall–Kier alpha value is -4.25. The molecule has 0 saturated heterocycles. The van der Waals surface area contributed by atoms with Crippen molar-refractivity contribution in [3.05, 3.63) is 120 Å². The Kier molecular flexibility index (Phi) is 6.17. The molecule has 0 aromatic heterocycles. The monoisotopic (exact) mass is 448 g/mol. The van der Waals surface area contributed by atoms with Gasteiger partial charge < -0.3 is 4.74 Å². The summed E-state index contributed by atoms with van der Waals surface area (Å²) >= 11 is 0. The van der Waals surface area contributed by atoms with Gasteiger partial charge in [-0.2, -0.15) is 5.10 Å². The van der Waals surface area contributed by atoms with Crippen molar-refractivity contribution in [3.8, 4) is 0 Å². The second-order valence-electron chi connectivity index (χ2n) is 8.30. The fraction of sp³-hybridized carbons (Fsp3) is 0.138. The molecular weight excluding hydrogens is 424 g/mol. The lowest BCUT2D eigenvalue weighted by molar-refractivity contribution is -0.152.